The van der Waals surface area contributed by atoms with Gasteiger partial charge < -0.3 is 5.32 Å². The van der Waals surface area contributed by atoms with Gasteiger partial charge in [-0.2, -0.15) is 4.31 Å². The van der Waals surface area contributed by atoms with Crippen molar-refractivity contribution in [2.24, 2.45) is 0 Å². The molecule has 2 rings (SSSR count). The average Bonchev–Trinajstić information content (AvgIpc) is 2.55. The highest BCUT2D eigenvalue weighted by Gasteiger charge is 2.22. The van der Waals surface area contributed by atoms with Gasteiger partial charge >= 0.3 is 0 Å². The van der Waals surface area contributed by atoms with E-state index in [1.165, 1.54) is 19.2 Å². The predicted octanol–water partition coefficient (Wildman–Crippen LogP) is 2.28. The number of nitrogens with zero attached hydrogens (tertiary/aromatic N) is 1. The van der Waals surface area contributed by atoms with E-state index in [0.29, 0.717) is 5.02 Å². The first-order valence-electron chi connectivity index (χ1n) is 6.93. The second-order valence-corrected chi connectivity index (χ2v) is 7.39. The van der Waals surface area contributed by atoms with Crippen LogP contribution in [0.1, 0.15) is 5.56 Å². The van der Waals surface area contributed by atoms with Crippen LogP contribution in [0.2, 0.25) is 5.02 Å². The van der Waals surface area contributed by atoms with Gasteiger partial charge in [-0.25, -0.2) is 8.42 Å². The van der Waals surface area contributed by atoms with Gasteiger partial charge in [0.25, 0.3) is 0 Å². The molecule has 2 aromatic carbocycles. The topological polar surface area (TPSA) is 66.5 Å². The molecule has 0 aliphatic rings. The lowest BCUT2D eigenvalue weighted by Gasteiger charge is -2.17. The fraction of sp³-hybridized carbons (Fsp3) is 0.188. The van der Waals surface area contributed by atoms with Crippen molar-refractivity contribution in [2.45, 2.75) is 11.4 Å². The van der Waals surface area contributed by atoms with Crippen molar-refractivity contribution in [3.8, 4) is 0 Å². The van der Waals surface area contributed by atoms with E-state index in [1.807, 2.05) is 6.07 Å². The molecular weight excluding hydrogens is 336 g/mol. The van der Waals surface area contributed by atoms with Crippen molar-refractivity contribution >= 4 is 27.5 Å². The summed E-state index contributed by atoms with van der Waals surface area (Å²) in [6, 6.07) is 15.1. The molecule has 0 heterocycles. The van der Waals surface area contributed by atoms with Crippen LogP contribution in [0.3, 0.4) is 0 Å². The molecule has 23 heavy (non-hydrogen) atoms. The Morgan fingerprint density at radius 2 is 1.70 bits per heavy atom. The molecular formula is C16H17ClN2O3S. The highest BCUT2D eigenvalue weighted by atomic mass is 35.5. The highest BCUT2D eigenvalue weighted by Crippen LogP contribution is 2.15. The minimum atomic E-state index is -3.68. The SMILES string of the molecule is CN(CC(=O)NCc1ccccc1Cl)S(=O)(=O)c1ccccc1. The molecule has 0 fully saturated rings. The quantitative estimate of drug-likeness (QED) is 0.867. The summed E-state index contributed by atoms with van der Waals surface area (Å²) >= 11 is 6.01. The van der Waals surface area contributed by atoms with Crippen LogP contribution >= 0.6 is 11.6 Å². The third-order valence-electron chi connectivity index (χ3n) is 3.25. The van der Waals surface area contributed by atoms with Gasteiger partial charge in [-0.1, -0.05) is 48.0 Å². The molecule has 0 aliphatic heterocycles. The molecule has 7 heteroatoms. The molecule has 0 saturated carbocycles. The summed E-state index contributed by atoms with van der Waals surface area (Å²) in [7, 11) is -2.31. The first kappa shape index (κ1) is 17.5. The number of halogens is 1. The van der Waals surface area contributed by atoms with Crippen LogP contribution in [0, 0.1) is 0 Å². The maximum atomic E-state index is 12.3. The number of nitrogens with one attached hydrogen (secondary N) is 1. The summed E-state index contributed by atoms with van der Waals surface area (Å²) in [4.78, 5) is 12.1. The van der Waals surface area contributed by atoms with Gasteiger partial charge in [0.2, 0.25) is 15.9 Å². The summed E-state index contributed by atoms with van der Waals surface area (Å²) in [6.45, 7) is -0.0145. The van der Waals surface area contributed by atoms with E-state index in [4.69, 9.17) is 11.6 Å². The molecule has 122 valence electrons. The van der Waals surface area contributed by atoms with Gasteiger partial charge in [0.1, 0.15) is 0 Å². The van der Waals surface area contributed by atoms with Crippen LogP contribution in [-0.2, 0) is 21.4 Å². The zero-order valence-electron chi connectivity index (χ0n) is 12.6. The molecule has 0 atom stereocenters. The molecule has 0 radical (unpaired) electrons. The minimum absolute atomic E-state index is 0.154. The molecule has 0 aliphatic carbocycles. The Balaban J connectivity index is 1.96. The van der Waals surface area contributed by atoms with E-state index >= 15 is 0 Å². The Hall–Kier alpha value is -1.89. The number of rotatable bonds is 6. The van der Waals surface area contributed by atoms with E-state index in [0.717, 1.165) is 9.87 Å². The third-order valence-corrected chi connectivity index (χ3v) is 5.44. The van der Waals surface area contributed by atoms with Crippen LogP contribution in [0.5, 0.6) is 0 Å². The standard InChI is InChI=1S/C16H17ClN2O3S/c1-19(23(21,22)14-8-3-2-4-9-14)12-16(20)18-11-13-7-5-6-10-15(13)17/h2-10H,11-12H2,1H3,(H,18,20). The number of carbonyl (C=O) groups is 1. The van der Waals surface area contributed by atoms with E-state index in [9.17, 15) is 13.2 Å². The Morgan fingerprint density at radius 3 is 2.35 bits per heavy atom. The van der Waals surface area contributed by atoms with Gasteiger partial charge in [0.15, 0.2) is 0 Å². The maximum absolute atomic E-state index is 12.3. The van der Waals surface area contributed by atoms with Crippen LogP contribution < -0.4 is 5.32 Å². The summed E-state index contributed by atoms with van der Waals surface area (Å²) in [5, 5.41) is 3.22. The van der Waals surface area contributed by atoms with Crippen molar-refractivity contribution in [1.82, 2.24) is 9.62 Å². The second-order valence-electron chi connectivity index (χ2n) is 4.94. The molecule has 0 saturated heterocycles. The minimum Gasteiger partial charge on any atom is -0.351 e. The molecule has 0 spiro atoms. The van der Waals surface area contributed by atoms with E-state index in [-0.39, 0.29) is 18.0 Å². The van der Waals surface area contributed by atoms with E-state index in [1.54, 1.807) is 36.4 Å². The van der Waals surface area contributed by atoms with Crippen LogP contribution in [-0.4, -0.2) is 32.2 Å². The Labute approximate surface area is 140 Å². The van der Waals surface area contributed by atoms with Gasteiger partial charge in [-0.05, 0) is 23.8 Å². The molecule has 2 aromatic rings. The predicted molar refractivity (Wildman–Crippen MR) is 89.6 cm³/mol. The first-order valence-corrected chi connectivity index (χ1v) is 8.74. The van der Waals surface area contributed by atoms with E-state index < -0.39 is 15.9 Å². The molecule has 5 nitrogen and oxygen atoms in total. The van der Waals surface area contributed by atoms with Crippen molar-refractivity contribution in [3.05, 3.63) is 65.2 Å². The number of carbonyl (C=O) groups excluding carboxylic acids is 1. The Bertz CT molecular complexity index is 779. The lowest BCUT2D eigenvalue weighted by atomic mass is 10.2. The fourth-order valence-electron chi connectivity index (χ4n) is 1.95. The maximum Gasteiger partial charge on any atom is 0.243 e. The van der Waals surface area contributed by atoms with Gasteiger partial charge in [-0.15, -0.1) is 0 Å². The zero-order chi connectivity index (χ0) is 16.9. The first-order chi connectivity index (χ1) is 10.9. The molecule has 1 amide bonds. The van der Waals surface area contributed by atoms with Crippen LogP contribution in [0.4, 0.5) is 0 Å². The van der Waals surface area contributed by atoms with Gasteiger partial charge in [-0.3, -0.25) is 4.79 Å². The monoisotopic (exact) mass is 352 g/mol. The van der Waals surface area contributed by atoms with Crippen molar-refractivity contribution in [3.63, 3.8) is 0 Å². The van der Waals surface area contributed by atoms with Crippen LogP contribution in [0.15, 0.2) is 59.5 Å². The third kappa shape index (κ3) is 4.54. The van der Waals surface area contributed by atoms with Crippen LogP contribution in [0.25, 0.3) is 0 Å². The summed E-state index contributed by atoms with van der Waals surface area (Å²) in [5.41, 5.74) is 0.774. The molecule has 0 bridgehead atoms. The molecule has 0 unspecified atom stereocenters. The van der Waals surface area contributed by atoms with Gasteiger partial charge in [0, 0.05) is 18.6 Å². The smallest absolute Gasteiger partial charge is 0.243 e. The lowest BCUT2D eigenvalue weighted by Crippen LogP contribution is -2.38. The number of sulfonamides is 1. The number of benzene rings is 2. The highest BCUT2D eigenvalue weighted by molar-refractivity contribution is 7.89. The number of amides is 1. The Morgan fingerprint density at radius 1 is 1.09 bits per heavy atom. The second kappa shape index (κ2) is 7.59. The lowest BCUT2D eigenvalue weighted by molar-refractivity contribution is -0.121. The fourth-order valence-corrected chi connectivity index (χ4v) is 3.30. The zero-order valence-corrected chi connectivity index (χ0v) is 14.1. The Kier molecular flexibility index (Phi) is 5.76. The van der Waals surface area contributed by atoms with Crippen molar-refractivity contribution < 1.29 is 13.2 Å². The summed E-state index contributed by atoms with van der Waals surface area (Å²) < 4.78 is 25.7. The number of hydrogen-bond donors (Lipinski definition) is 1. The van der Waals surface area contributed by atoms with Crippen molar-refractivity contribution in [1.29, 1.82) is 0 Å². The van der Waals surface area contributed by atoms with Crippen molar-refractivity contribution in [2.75, 3.05) is 13.6 Å². The molecule has 0 aromatic heterocycles. The number of hydrogen-bond acceptors (Lipinski definition) is 3. The number of likely N-dealkylation sites (N-methyl/N-ethyl adjacent to an activating group) is 1. The normalized spacial score (nSPS) is 11.4. The van der Waals surface area contributed by atoms with E-state index in [2.05, 4.69) is 5.32 Å². The van der Waals surface area contributed by atoms with Gasteiger partial charge in [0.05, 0.1) is 11.4 Å². The molecule has 1 N–H and O–H groups in total. The summed E-state index contributed by atoms with van der Waals surface area (Å²) in [5.74, 6) is -0.396. The average molecular weight is 353 g/mol. The summed E-state index contributed by atoms with van der Waals surface area (Å²) in [6.07, 6.45) is 0. The largest absolute Gasteiger partial charge is 0.351 e.